The summed E-state index contributed by atoms with van der Waals surface area (Å²) in [7, 11) is 0. The number of amides is 2. The number of para-hydroxylation sites is 1. The summed E-state index contributed by atoms with van der Waals surface area (Å²) < 4.78 is 0.617. The van der Waals surface area contributed by atoms with Gasteiger partial charge in [0, 0.05) is 11.3 Å². The van der Waals surface area contributed by atoms with Crippen LogP contribution < -0.4 is 10.6 Å². The van der Waals surface area contributed by atoms with E-state index in [4.69, 9.17) is 0 Å². The first kappa shape index (κ1) is 17.1. The van der Waals surface area contributed by atoms with Crippen molar-refractivity contribution in [2.45, 2.75) is 4.34 Å². The van der Waals surface area contributed by atoms with Crippen molar-refractivity contribution in [3.8, 4) is 0 Å². The number of nitrogens with one attached hydrogen (secondary N) is 2. The molecule has 0 saturated heterocycles. The van der Waals surface area contributed by atoms with Crippen LogP contribution in [0.3, 0.4) is 0 Å². The predicted octanol–water partition coefficient (Wildman–Crippen LogP) is 3.52. The first-order chi connectivity index (χ1) is 12.2. The van der Waals surface area contributed by atoms with Crippen molar-refractivity contribution >= 4 is 45.7 Å². The van der Waals surface area contributed by atoms with E-state index in [2.05, 4.69) is 20.8 Å². The summed E-state index contributed by atoms with van der Waals surface area (Å²) in [5, 5.41) is 13.8. The van der Waals surface area contributed by atoms with Crippen LogP contribution in [0, 0.1) is 0 Å². The largest absolute Gasteiger partial charge is 0.325 e. The summed E-state index contributed by atoms with van der Waals surface area (Å²) >= 11 is 2.51. The number of anilines is 2. The van der Waals surface area contributed by atoms with Crippen LogP contribution in [0.5, 0.6) is 0 Å². The number of thioether (sulfide) groups is 1. The summed E-state index contributed by atoms with van der Waals surface area (Å²) in [6.07, 6.45) is 0. The lowest BCUT2D eigenvalue weighted by Gasteiger charge is -2.03. The summed E-state index contributed by atoms with van der Waals surface area (Å²) in [5.74, 6) is -0.146. The van der Waals surface area contributed by atoms with Gasteiger partial charge in [0.1, 0.15) is 0 Å². The highest BCUT2D eigenvalue weighted by Crippen LogP contribution is 2.25. The highest BCUT2D eigenvalue weighted by atomic mass is 32.2. The Morgan fingerprint density at radius 3 is 2.32 bits per heavy atom. The lowest BCUT2D eigenvalue weighted by atomic mass is 10.2. The molecule has 1 heterocycles. The molecule has 0 aliphatic carbocycles. The number of carbonyl (C=O) groups is 2. The number of benzene rings is 2. The molecule has 0 aliphatic rings. The average molecular weight is 370 g/mol. The van der Waals surface area contributed by atoms with Gasteiger partial charge in [0.05, 0.1) is 5.75 Å². The predicted molar refractivity (Wildman–Crippen MR) is 100 cm³/mol. The lowest BCUT2D eigenvalue weighted by molar-refractivity contribution is -0.113. The van der Waals surface area contributed by atoms with Gasteiger partial charge in [0.15, 0.2) is 4.34 Å². The Kier molecular flexibility index (Phi) is 5.76. The summed E-state index contributed by atoms with van der Waals surface area (Å²) in [6.45, 7) is 0. The molecule has 8 heteroatoms. The second-order valence-electron chi connectivity index (χ2n) is 4.90. The van der Waals surface area contributed by atoms with Crippen LogP contribution in [-0.2, 0) is 4.79 Å². The van der Waals surface area contributed by atoms with Crippen LogP contribution in [0.4, 0.5) is 10.8 Å². The minimum Gasteiger partial charge on any atom is -0.325 e. The van der Waals surface area contributed by atoms with E-state index in [-0.39, 0.29) is 17.6 Å². The molecule has 0 radical (unpaired) electrons. The van der Waals surface area contributed by atoms with Gasteiger partial charge in [-0.25, -0.2) is 0 Å². The van der Waals surface area contributed by atoms with Crippen LogP contribution in [-0.4, -0.2) is 27.8 Å². The standard InChI is InChI=1S/C17H14N4O2S2/c22-14(18-13-9-5-2-6-10-13)11-24-17-21-20-16(25-17)19-15(23)12-7-3-1-4-8-12/h1-10H,11H2,(H,18,22)(H,19,20,23). The number of hydrogen-bond donors (Lipinski definition) is 2. The van der Waals surface area contributed by atoms with Gasteiger partial charge in [-0.15, -0.1) is 10.2 Å². The fourth-order valence-electron chi connectivity index (χ4n) is 1.92. The van der Waals surface area contributed by atoms with Crippen molar-refractivity contribution in [3.05, 3.63) is 66.2 Å². The van der Waals surface area contributed by atoms with Crippen molar-refractivity contribution in [2.75, 3.05) is 16.4 Å². The molecule has 6 nitrogen and oxygen atoms in total. The summed E-state index contributed by atoms with van der Waals surface area (Å²) in [6, 6.07) is 18.1. The summed E-state index contributed by atoms with van der Waals surface area (Å²) in [4.78, 5) is 24.0. The molecule has 0 atom stereocenters. The van der Waals surface area contributed by atoms with Gasteiger partial charge in [0.25, 0.3) is 5.91 Å². The van der Waals surface area contributed by atoms with Crippen LogP contribution >= 0.6 is 23.1 Å². The second kappa shape index (κ2) is 8.41. The Bertz CT molecular complexity index is 853. The lowest BCUT2D eigenvalue weighted by Crippen LogP contribution is -2.13. The Balaban J connectivity index is 1.50. The zero-order chi connectivity index (χ0) is 17.5. The minimum atomic E-state index is -0.241. The van der Waals surface area contributed by atoms with E-state index >= 15 is 0 Å². The SMILES string of the molecule is O=C(CSc1nnc(NC(=O)c2ccccc2)s1)Nc1ccccc1. The molecular formula is C17H14N4O2S2. The molecule has 2 aromatic carbocycles. The van der Waals surface area contributed by atoms with E-state index in [1.807, 2.05) is 36.4 Å². The molecule has 126 valence electrons. The van der Waals surface area contributed by atoms with Crippen LogP contribution in [0.2, 0.25) is 0 Å². The van der Waals surface area contributed by atoms with Crippen molar-refractivity contribution < 1.29 is 9.59 Å². The molecule has 2 amide bonds. The maximum absolute atomic E-state index is 12.0. The van der Waals surface area contributed by atoms with Gasteiger partial charge < -0.3 is 5.32 Å². The fraction of sp³-hybridized carbons (Fsp3) is 0.0588. The maximum atomic E-state index is 12.0. The molecule has 0 saturated carbocycles. The molecule has 0 unspecified atom stereocenters. The van der Waals surface area contributed by atoms with Gasteiger partial charge in [-0.3, -0.25) is 14.9 Å². The van der Waals surface area contributed by atoms with Crippen molar-refractivity contribution in [2.24, 2.45) is 0 Å². The Labute approximate surface area is 152 Å². The fourth-order valence-corrected chi connectivity index (χ4v) is 3.47. The molecular weight excluding hydrogens is 356 g/mol. The van der Waals surface area contributed by atoms with Gasteiger partial charge >= 0.3 is 0 Å². The molecule has 1 aromatic heterocycles. The molecule has 2 N–H and O–H groups in total. The van der Waals surface area contributed by atoms with E-state index in [0.717, 1.165) is 5.69 Å². The van der Waals surface area contributed by atoms with Crippen molar-refractivity contribution in [1.82, 2.24) is 10.2 Å². The number of aromatic nitrogens is 2. The van der Waals surface area contributed by atoms with Crippen molar-refractivity contribution in [3.63, 3.8) is 0 Å². The highest BCUT2D eigenvalue weighted by Gasteiger charge is 2.11. The van der Waals surface area contributed by atoms with Crippen LogP contribution in [0.15, 0.2) is 65.0 Å². The molecule has 3 aromatic rings. The van der Waals surface area contributed by atoms with E-state index < -0.39 is 0 Å². The number of nitrogens with zero attached hydrogens (tertiary/aromatic N) is 2. The van der Waals surface area contributed by atoms with Crippen LogP contribution in [0.1, 0.15) is 10.4 Å². The monoisotopic (exact) mass is 370 g/mol. The molecule has 0 aliphatic heterocycles. The van der Waals surface area contributed by atoms with E-state index in [1.165, 1.54) is 23.1 Å². The molecule has 0 bridgehead atoms. The summed E-state index contributed by atoms with van der Waals surface area (Å²) in [5.41, 5.74) is 1.30. The van der Waals surface area contributed by atoms with E-state index in [0.29, 0.717) is 15.0 Å². The molecule has 0 fully saturated rings. The van der Waals surface area contributed by atoms with E-state index in [9.17, 15) is 9.59 Å². The first-order valence-electron chi connectivity index (χ1n) is 7.38. The zero-order valence-corrected chi connectivity index (χ0v) is 14.6. The van der Waals surface area contributed by atoms with E-state index in [1.54, 1.807) is 24.3 Å². The highest BCUT2D eigenvalue weighted by molar-refractivity contribution is 8.01. The van der Waals surface area contributed by atoms with Crippen LogP contribution in [0.25, 0.3) is 0 Å². The maximum Gasteiger partial charge on any atom is 0.257 e. The van der Waals surface area contributed by atoms with Crippen molar-refractivity contribution in [1.29, 1.82) is 0 Å². The molecule has 3 rings (SSSR count). The second-order valence-corrected chi connectivity index (χ2v) is 7.10. The smallest absolute Gasteiger partial charge is 0.257 e. The third kappa shape index (κ3) is 5.13. The first-order valence-corrected chi connectivity index (χ1v) is 9.18. The number of hydrogen-bond acceptors (Lipinski definition) is 6. The van der Waals surface area contributed by atoms with Gasteiger partial charge in [-0.2, -0.15) is 0 Å². The zero-order valence-electron chi connectivity index (χ0n) is 13.0. The topological polar surface area (TPSA) is 84.0 Å². The quantitative estimate of drug-likeness (QED) is 0.512. The Morgan fingerprint density at radius 1 is 0.920 bits per heavy atom. The third-order valence-corrected chi connectivity index (χ3v) is 5.02. The molecule has 0 spiro atoms. The number of rotatable bonds is 6. The average Bonchev–Trinajstić information content (AvgIpc) is 3.09. The Hall–Kier alpha value is -2.71. The van der Waals surface area contributed by atoms with Gasteiger partial charge in [-0.1, -0.05) is 59.5 Å². The minimum absolute atomic E-state index is 0.124. The third-order valence-electron chi connectivity index (χ3n) is 3.05. The van der Waals surface area contributed by atoms with Gasteiger partial charge in [-0.05, 0) is 24.3 Å². The van der Waals surface area contributed by atoms with Gasteiger partial charge in [0.2, 0.25) is 11.0 Å². The Morgan fingerprint density at radius 2 is 1.60 bits per heavy atom. The molecule has 25 heavy (non-hydrogen) atoms. The normalized spacial score (nSPS) is 10.2. The number of carbonyl (C=O) groups excluding carboxylic acids is 2.